The monoisotopic (exact) mass is 360 g/mol. The lowest BCUT2D eigenvalue weighted by molar-refractivity contribution is 0.687. The molecule has 0 aliphatic heterocycles. The summed E-state index contributed by atoms with van der Waals surface area (Å²) in [6, 6.07) is 22.7. The van der Waals surface area contributed by atoms with E-state index in [0.717, 1.165) is 34.5 Å². The zero-order chi connectivity index (χ0) is 17.9. The van der Waals surface area contributed by atoms with Crippen LogP contribution in [-0.2, 0) is 12.3 Å². The molecule has 130 valence electrons. The number of nitrogens with zero attached hydrogens (tertiary/aromatic N) is 3. The fraction of sp³-hybridized carbons (Fsp3) is 0.143. The van der Waals surface area contributed by atoms with Gasteiger partial charge in [-0.05, 0) is 35.4 Å². The molecule has 26 heavy (non-hydrogen) atoms. The highest BCUT2D eigenvalue weighted by atomic mass is 32.2. The third-order valence-corrected chi connectivity index (χ3v) is 5.43. The van der Waals surface area contributed by atoms with Gasteiger partial charge in [-0.3, -0.25) is 0 Å². The first-order valence-electron chi connectivity index (χ1n) is 8.65. The van der Waals surface area contributed by atoms with Crippen LogP contribution in [0.1, 0.15) is 12.5 Å². The van der Waals surface area contributed by atoms with Crippen LogP contribution in [0.15, 0.2) is 71.9 Å². The molecule has 1 heterocycles. The number of nitrogen functional groups attached to an aromatic ring is 1. The summed E-state index contributed by atoms with van der Waals surface area (Å²) in [4.78, 5) is 0. The number of benzene rings is 3. The Hall–Kier alpha value is -2.79. The number of thioether (sulfide) groups is 1. The predicted molar refractivity (Wildman–Crippen MR) is 109 cm³/mol. The molecule has 5 heteroatoms. The fourth-order valence-electron chi connectivity index (χ4n) is 3.13. The SMILES string of the molecule is CCn1c(SCc2cccc3ccccc23)nnc1-c1cccc(N)c1. The van der Waals surface area contributed by atoms with Crippen LogP contribution in [0.3, 0.4) is 0 Å². The van der Waals surface area contributed by atoms with Crippen LogP contribution in [0.2, 0.25) is 0 Å². The van der Waals surface area contributed by atoms with Gasteiger partial charge >= 0.3 is 0 Å². The van der Waals surface area contributed by atoms with E-state index in [1.807, 2.05) is 24.3 Å². The molecule has 0 fully saturated rings. The minimum Gasteiger partial charge on any atom is -0.399 e. The first-order valence-corrected chi connectivity index (χ1v) is 9.63. The van der Waals surface area contributed by atoms with Crippen LogP contribution in [0.25, 0.3) is 22.2 Å². The van der Waals surface area contributed by atoms with E-state index < -0.39 is 0 Å². The normalized spacial score (nSPS) is 11.1. The summed E-state index contributed by atoms with van der Waals surface area (Å²) in [6.07, 6.45) is 0. The molecule has 0 spiro atoms. The van der Waals surface area contributed by atoms with E-state index in [-0.39, 0.29) is 0 Å². The minimum absolute atomic E-state index is 0.734. The molecule has 1 aromatic heterocycles. The van der Waals surface area contributed by atoms with Gasteiger partial charge in [0, 0.05) is 23.5 Å². The number of fused-ring (bicyclic) bond motifs is 1. The summed E-state index contributed by atoms with van der Waals surface area (Å²) in [5.41, 5.74) is 8.96. The molecule has 0 saturated heterocycles. The van der Waals surface area contributed by atoms with Gasteiger partial charge in [0.25, 0.3) is 0 Å². The van der Waals surface area contributed by atoms with Crippen LogP contribution in [-0.4, -0.2) is 14.8 Å². The molecule has 0 atom stereocenters. The number of aromatic nitrogens is 3. The first-order chi connectivity index (χ1) is 12.8. The van der Waals surface area contributed by atoms with Crippen molar-refractivity contribution in [1.29, 1.82) is 0 Å². The van der Waals surface area contributed by atoms with Gasteiger partial charge in [0.05, 0.1) is 0 Å². The standard InChI is InChI=1S/C21H20N4S/c1-2-25-20(16-9-6-11-18(22)13-16)23-24-21(25)26-14-17-10-5-8-15-7-3-4-12-19(15)17/h3-13H,2,14,22H2,1H3. The number of anilines is 1. The average molecular weight is 360 g/mol. The van der Waals surface area contributed by atoms with Crippen molar-refractivity contribution in [1.82, 2.24) is 14.8 Å². The molecule has 0 unspecified atom stereocenters. The maximum absolute atomic E-state index is 5.92. The van der Waals surface area contributed by atoms with E-state index in [0.29, 0.717) is 0 Å². The number of nitrogens with two attached hydrogens (primary N) is 1. The van der Waals surface area contributed by atoms with Gasteiger partial charge in [-0.1, -0.05) is 66.4 Å². The lowest BCUT2D eigenvalue weighted by Gasteiger charge is -2.09. The van der Waals surface area contributed by atoms with Gasteiger partial charge in [-0.2, -0.15) is 0 Å². The molecular weight excluding hydrogens is 340 g/mol. The second-order valence-electron chi connectivity index (χ2n) is 6.10. The summed E-state index contributed by atoms with van der Waals surface area (Å²) in [7, 11) is 0. The van der Waals surface area contributed by atoms with Gasteiger partial charge in [0.2, 0.25) is 0 Å². The maximum atomic E-state index is 5.92. The summed E-state index contributed by atoms with van der Waals surface area (Å²) < 4.78 is 2.14. The van der Waals surface area contributed by atoms with Crippen LogP contribution in [0, 0.1) is 0 Å². The lowest BCUT2D eigenvalue weighted by Crippen LogP contribution is -2.00. The Kier molecular flexibility index (Phi) is 4.63. The Balaban J connectivity index is 1.63. The molecule has 0 radical (unpaired) electrons. The predicted octanol–water partition coefficient (Wildman–Crippen LogP) is 4.99. The van der Waals surface area contributed by atoms with Gasteiger partial charge in [0.1, 0.15) is 0 Å². The van der Waals surface area contributed by atoms with Gasteiger partial charge in [-0.25, -0.2) is 0 Å². The number of hydrogen-bond acceptors (Lipinski definition) is 4. The summed E-state index contributed by atoms with van der Waals surface area (Å²) in [5.74, 6) is 1.72. The highest BCUT2D eigenvalue weighted by Crippen LogP contribution is 2.29. The Morgan fingerprint density at radius 1 is 0.962 bits per heavy atom. The van der Waals surface area contributed by atoms with E-state index in [1.54, 1.807) is 11.8 Å². The third kappa shape index (κ3) is 3.18. The van der Waals surface area contributed by atoms with Gasteiger partial charge < -0.3 is 10.3 Å². The van der Waals surface area contributed by atoms with Crippen LogP contribution >= 0.6 is 11.8 Å². The highest BCUT2D eigenvalue weighted by molar-refractivity contribution is 7.98. The van der Waals surface area contributed by atoms with E-state index in [2.05, 4.69) is 64.2 Å². The van der Waals surface area contributed by atoms with Gasteiger partial charge in [-0.15, -0.1) is 10.2 Å². The van der Waals surface area contributed by atoms with Crippen molar-refractivity contribution in [2.45, 2.75) is 24.4 Å². The second kappa shape index (κ2) is 7.22. The van der Waals surface area contributed by atoms with Crippen LogP contribution < -0.4 is 5.73 Å². The second-order valence-corrected chi connectivity index (χ2v) is 7.05. The smallest absolute Gasteiger partial charge is 0.191 e. The zero-order valence-corrected chi connectivity index (χ0v) is 15.4. The van der Waals surface area contributed by atoms with Crippen LogP contribution in [0.5, 0.6) is 0 Å². The molecule has 0 bridgehead atoms. The molecule has 0 saturated carbocycles. The Bertz CT molecular complexity index is 1050. The molecule has 0 aliphatic carbocycles. The van der Waals surface area contributed by atoms with Crippen molar-refractivity contribution in [3.8, 4) is 11.4 Å². The van der Waals surface area contributed by atoms with E-state index in [4.69, 9.17) is 5.73 Å². The largest absolute Gasteiger partial charge is 0.399 e. The van der Waals surface area contributed by atoms with E-state index in [9.17, 15) is 0 Å². The molecule has 4 rings (SSSR count). The maximum Gasteiger partial charge on any atom is 0.191 e. The Morgan fingerprint density at radius 3 is 2.62 bits per heavy atom. The first kappa shape index (κ1) is 16.7. The Morgan fingerprint density at radius 2 is 1.77 bits per heavy atom. The molecule has 0 aliphatic rings. The summed E-state index contributed by atoms with van der Waals surface area (Å²) in [5, 5.41) is 12.3. The molecule has 4 nitrogen and oxygen atoms in total. The van der Waals surface area contributed by atoms with Crippen molar-refractivity contribution in [3.05, 3.63) is 72.3 Å². The third-order valence-electron chi connectivity index (χ3n) is 4.41. The molecule has 3 aromatic carbocycles. The van der Waals surface area contributed by atoms with E-state index in [1.165, 1.54) is 16.3 Å². The fourth-order valence-corrected chi connectivity index (χ4v) is 4.14. The van der Waals surface area contributed by atoms with E-state index >= 15 is 0 Å². The van der Waals surface area contributed by atoms with Gasteiger partial charge in [0.15, 0.2) is 11.0 Å². The average Bonchev–Trinajstić information content (AvgIpc) is 3.09. The quantitative estimate of drug-likeness (QED) is 0.402. The lowest BCUT2D eigenvalue weighted by atomic mass is 10.1. The molecular formula is C21H20N4S. The summed E-state index contributed by atoms with van der Waals surface area (Å²) in [6.45, 7) is 2.93. The van der Waals surface area contributed by atoms with Crippen molar-refractivity contribution >= 4 is 28.2 Å². The summed E-state index contributed by atoms with van der Waals surface area (Å²) >= 11 is 1.72. The van der Waals surface area contributed by atoms with Crippen molar-refractivity contribution in [3.63, 3.8) is 0 Å². The van der Waals surface area contributed by atoms with Crippen molar-refractivity contribution in [2.75, 3.05) is 5.73 Å². The minimum atomic E-state index is 0.734. The molecule has 2 N–H and O–H groups in total. The zero-order valence-electron chi connectivity index (χ0n) is 14.6. The number of hydrogen-bond donors (Lipinski definition) is 1. The topological polar surface area (TPSA) is 56.7 Å². The highest BCUT2D eigenvalue weighted by Gasteiger charge is 2.14. The van der Waals surface area contributed by atoms with Crippen molar-refractivity contribution < 1.29 is 0 Å². The molecule has 0 amide bonds. The van der Waals surface area contributed by atoms with Crippen molar-refractivity contribution in [2.24, 2.45) is 0 Å². The number of rotatable bonds is 5. The van der Waals surface area contributed by atoms with Crippen LogP contribution in [0.4, 0.5) is 5.69 Å². The Labute approximate surface area is 157 Å². The molecule has 4 aromatic rings.